The molecule has 0 atom stereocenters. The Morgan fingerprint density at radius 1 is 0.950 bits per heavy atom. The van der Waals surface area contributed by atoms with Gasteiger partial charge in [-0.3, -0.25) is 0 Å². The summed E-state index contributed by atoms with van der Waals surface area (Å²) in [6.07, 6.45) is 13.9. The monoisotopic (exact) mass is 544 g/mol. The van der Waals surface area contributed by atoms with E-state index in [4.69, 9.17) is 0 Å². The molecule has 0 bridgehead atoms. The van der Waals surface area contributed by atoms with Crippen molar-refractivity contribution in [3.63, 3.8) is 0 Å². The Hall–Kier alpha value is -3.76. The Morgan fingerprint density at radius 3 is 2.23 bits per heavy atom. The summed E-state index contributed by atoms with van der Waals surface area (Å²) in [7, 11) is 0. The zero-order valence-corrected chi connectivity index (χ0v) is 25.4. The van der Waals surface area contributed by atoms with Gasteiger partial charge in [0.2, 0.25) is 0 Å². The number of aliphatic hydroxyl groups is 2. The maximum atomic E-state index is 10.8. The summed E-state index contributed by atoms with van der Waals surface area (Å²) in [4.78, 5) is 0. The number of benzene rings is 2. The molecule has 4 N–H and O–H groups in total. The van der Waals surface area contributed by atoms with E-state index >= 15 is 0 Å². The highest BCUT2D eigenvalue weighted by Crippen LogP contribution is 2.31. The van der Waals surface area contributed by atoms with Crippen molar-refractivity contribution in [1.29, 1.82) is 0 Å². The highest BCUT2D eigenvalue weighted by atomic mass is 16.3. The molecular weight excluding hydrogens is 496 g/mol. The molecule has 0 unspecified atom stereocenters. The van der Waals surface area contributed by atoms with E-state index in [2.05, 4.69) is 12.7 Å². The lowest BCUT2D eigenvalue weighted by atomic mass is 9.95. The molecule has 2 aromatic rings. The van der Waals surface area contributed by atoms with Gasteiger partial charge in [0, 0.05) is 6.42 Å². The predicted molar refractivity (Wildman–Crippen MR) is 170 cm³/mol. The molecule has 0 saturated carbocycles. The highest BCUT2D eigenvalue weighted by Gasteiger charge is 2.16. The van der Waals surface area contributed by atoms with E-state index in [1.807, 2.05) is 97.0 Å². The van der Waals surface area contributed by atoms with Crippen molar-refractivity contribution >= 4 is 0 Å². The lowest BCUT2D eigenvalue weighted by Gasteiger charge is -2.13. The van der Waals surface area contributed by atoms with E-state index in [1.165, 1.54) is 0 Å². The minimum Gasteiger partial charge on any atom is -0.508 e. The second-order valence-electron chi connectivity index (χ2n) is 9.71. The molecule has 216 valence electrons. The Kier molecular flexibility index (Phi) is 15.2. The number of aryl methyl sites for hydroxylation is 2. The molecule has 1 aliphatic rings. The van der Waals surface area contributed by atoms with Crippen molar-refractivity contribution in [3.8, 4) is 11.5 Å². The quantitative estimate of drug-likeness (QED) is 0.198. The van der Waals surface area contributed by atoms with Crippen molar-refractivity contribution in [2.24, 2.45) is 0 Å². The average Bonchev–Trinajstić information content (AvgIpc) is 3.07. The number of allylic oxidation sites excluding steroid dienone is 9. The molecule has 0 saturated heterocycles. The average molecular weight is 545 g/mol. The van der Waals surface area contributed by atoms with Gasteiger partial charge >= 0.3 is 0 Å². The van der Waals surface area contributed by atoms with Gasteiger partial charge in [0.25, 0.3) is 0 Å². The fraction of sp³-hybridized carbons (Fsp3) is 0.333. The van der Waals surface area contributed by atoms with Gasteiger partial charge in [0.15, 0.2) is 0 Å². The van der Waals surface area contributed by atoms with Crippen molar-refractivity contribution < 1.29 is 20.4 Å². The zero-order valence-electron chi connectivity index (χ0n) is 25.4. The number of aliphatic hydroxyl groups excluding tert-OH is 2. The third kappa shape index (κ3) is 10.4. The van der Waals surface area contributed by atoms with Crippen LogP contribution in [0.2, 0.25) is 0 Å². The van der Waals surface area contributed by atoms with Gasteiger partial charge in [-0.2, -0.15) is 0 Å². The van der Waals surface area contributed by atoms with E-state index in [-0.39, 0.29) is 23.9 Å². The summed E-state index contributed by atoms with van der Waals surface area (Å²) in [5.74, 6) is 0.796. The van der Waals surface area contributed by atoms with Crippen LogP contribution in [0.3, 0.4) is 0 Å². The van der Waals surface area contributed by atoms with Crippen LogP contribution in [0, 0.1) is 13.8 Å². The van der Waals surface area contributed by atoms with Crippen molar-refractivity contribution in [3.05, 3.63) is 129 Å². The van der Waals surface area contributed by atoms with Crippen molar-refractivity contribution in [2.75, 3.05) is 6.61 Å². The number of hydrogen-bond acceptors (Lipinski definition) is 4. The number of phenolic OH excluding ortho intramolecular Hbond substituents is 2. The van der Waals surface area contributed by atoms with Gasteiger partial charge in [-0.1, -0.05) is 86.7 Å². The number of hydrogen-bond donors (Lipinski definition) is 4. The Morgan fingerprint density at radius 2 is 1.65 bits per heavy atom. The summed E-state index contributed by atoms with van der Waals surface area (Å²) in [6, 6.07) is 9.51. The van der Waals surface area contributed by atoms with Crippen LogP contribution in [0.15, 0.2) is 101 Å². The molecule has 4 nitrogen and oxygen atoms in total. The van der Waals surface area contributed by atoms with Crippen molar-refractivity contribution in [2.45, 2.75) is 74.1 Å². The van der Waals surface area contributed by atoms with E-state index in [0.717, 1.165) is 50.1 Å². The lowest BCUT2D eigenvalue weighted by molar-refractivity contribution is 0.328. The first-order chi connectivity index (χ1) is 19.1. The number of rotatable bonds is 8. The summed E-state index contributed by atoms with van der Waals surface area (Å²) < 4.78 is 0. The van der Waals surface area contributed by atoms with Gasteiger partial charge in [0.05, 0.1) is 6.61 Å². The molecule has 40 heavy (non-hydrogen) atoms. The maximum absolute atomic E-state index is 10.8. The van der Waals surface area contributed by atoms with Gasteiger partial charge in [-0.25, -0.2) is 0 Å². The van der Waals surface area contributed by atoms with Crippen LogP contribution < -0.4 is 0 Å². The first-order valence-electron chi connectivity index (χ1n) is 14.0. The van der Waals surface area contributed by atoms with E-state index in [1.54, 1.807) is 12.1 Å². The minimum atomic E-state index is -0.0312. The highest BCUT2D eigenvalue weighted by molar-refractivity contribution is 5.49. The fourth-order valence-electron chi connectivity index (χ4n) is 4.44. The van der Waals surface area contributed by atoms with Crippen LogP contribution in [-0.4, -0.2) is 27.0 Å². The standard InChI is InChI=1S/C29H34O4.C5H8.C2H6/c1-5-21(17-30)14-26-15-23(12-20(4)29(26)33)13-22-7-8-24(28(32)19(3)11-22)16-25-10-18(2)6-9-27(25)31;1-3-5-4-2;1-2/h5-7,9-12,15,30-33H,8,13-14,16-17H2,1-4H3;3-5H,1H2,2H3;1-2H3/b21-5-;5-4+;. The first kappa shape index (κ1) is 34.3. The number of phenols is 2. The van der Waals surface area contributed by atoms with Crippen LogP contribution in [-0.2, 0) is 19.3 Å². The van der Waals surface area contributed by atoms with Crippen LogP contribution in [0.5, 0.6) is 11.5 Å². The lowest BCUT2D eigenvalue weighted by Crippen LogP contribution is -1.99. The van der Waals surface area contributed by atoms with Crippen LogP contribution in [0.25, 0.3) is 0 Å². The largest absolute Gasteiger partial charge is 0.508 e. The SMILES string of the molecule is C/C=C(\CO)Cc1cc(CC2=CCC(Cc3cc(C)ccc3O)=C(O)C(C)=C2)cc(C)c1O.C=C/C=C/C.CC. The van der Waals surface area contributed by atoms with Crippen molar-refractivity contribution in [1.82, 2.24) is 0 Å². The molecule has 0 spiro atoms. The molecule has 0 aromatic heterocycles. The normalized spacial score (nSPS) is 13.4. The topological polar surface area (TPSA) is 80.9 Å². The molecule has 2 aromatic carbocycles. The molecule has 0 radical (unpaired) electrons. The van der Waals surface area contributed by atoms with Crippen LogP contribution in [0.4, 0.5) is 0 Å². The van der Waals surface area contributed by atoms with Crippen LogP contribution in [0.1, 0.15) is 68.9 Å². The Bertz CT molecular complexity index is 1290. The third-order valence-corrected chi connectivity index (χ3v) is 6.56. The second-order valence-corrected chi connectivity index (χ2v) is 9.71. The van der Waals surface area contributed by atoms with E-state index in [9.17, 15) is 20.4 Å². The summed E-state index contributed by atoms with van der Waals surface area (Å²) in [5.41, 5.74) is 8.20. The summed E-state index contributed by atoms with van der Waals surface area (Å²) in [5, 5.41) is 41.1. The molecule has 4 heteroatoms. The van der Waals surface area contributed by atoms with E-state index in [0.29, 0.717) is 25.7 Å². The Balaban J connectivity index is 0.00000103. The molecule has 0 heterocycles. The van der Waals surface area contributed by atoms with Gasteiger partial charge in [-0.15, -0.1) is 0 Å². The summed E-state index contributed by atoms with van der Waals surface area (Å²) in [6.45, 7) is 17.1. The molecule has 0 aliphatic heterocycles. The zero-order chi connectivity index (χ0) is 30.2. The Labute approximate surface area is 241 Å². The van der Waals surface area contributed by atoms with Gasteiger partial charge < -0.3 is 20.4 Å². The maximum Gasteiger partial charge on any atom is 0.122 e. The second kappa shape index (κ2) is 17.8. The molecule has 0 amide bonds. The first-order valence-corrected chi connectivity index (χ1v) is 14.0. The summed E-state index contributed by atoms with van der Waals surface area (Å²) >= 11 is 0. The van der Waals surface area contributed by atoms with Crippen LogP contribution >= 0.6 is 0 Å². The molecular formula is C36H48O4. The smallest absolute Gasteiger partial charge is 0.122 e. The third-order valence-electron chi connectivity index (χ3n) is 6.56. The predicted octanol–water partition coefficient (Wildman–Crippen LogP) is 8.84. The minimum absolute atomic E-state index is 0.0312. The fourth-order valence-corrected chi connectivity index (χ4v) is 4.44. The molecule has 0 fully saturated rings. The molecule has 3 rings (SSSR count). The van der Waals surface area contributed by atoms with Gasteiger partial charge in [0.1, 0.15) is 17.3 Å². The number of aromatic hydroxyl groups is 2. The van der Waals surface area contributed by atoms with E-state index < -0.39 is 0 Å². The van der Waals surface area contributed by atoms with Gasteiger partial charge in [-0.05, 0) is 104 Å². The molecule has 1 aliphatic carbocycles.